The van der Waals surface area contributed by atoms with Crippen LogP contribution in [0, 0.1) is 0 Å². The zero-order valence-corrected chi connectivity index (χ0v) is 16.6. The molecular formula is C19H24O4Si. The van der Waals surface area contributed by atoms with Crippen molar-refractivity contribution in [3.63, 3.8) is 0 Å². The largest absolute Gasteiger partial charge is 0.489 e. The number of hydrogen-bond donors (Lipinski definition) is 0. The SMILES string of the molecule is COC(=O)C(C)(O[SiH3])C(C)c1ccc(OCc2ccccc2)cc1. The van der Waals surface area contributed by atoms with Crippen LogP contribution >= 0.6 is 0 Å². The molecule has 0 saturated heterocycles. The van der Waals surface area contributed by atoms with Crippen molar-refractivity contribution in [2.24, 2.45) is 0 Å². The molecule has 2 aromatic rings. The Morgan fingerprint density at radius 2 is 1.75 bits per heavy atom. The third kappa shape index (κ3) is 4.04. The van der Waals surface area contributed by atoms with E-state index in [9.17, 15) is 4.79 Å². The van der Waals surface area contributed by atoms with E-state index in [4.69, 9.17) is 13.9 Å². The van der Waals surface area contributed by atoms with Gasteiger partial charge < -0.3 is 13.9 Å². The molecule has 2 atom stereocenters. The van der Waals surface area contributed by atoms with Gasteiger partial charge in [-0.05, 0) is 30.2 Å². The predicted molar refractivity (Wildman–Crippen MR) is 97.1 cm³/mol. The summed E-state index contributed by atoms with van der Waals surface area (Å²) in [6.45, 7) is 4.27. The van der Waals surface area contributed by atoms with Crippen LogP contribution in [0.2, 0.25) is 0 Å². The Hall–Kier alpha value is -2.11. The van der Waals surface area contributed by atoms with Gasteiger partial charge in [0.05, 0.1) is 7.11 Å². The van der Waals surface area contributed by atoms with E-state index >= 15 is 0 Å². The summed E-state index contributed by atoms with van der Waals surface area (Å²) in [5.41, 5.74) is 1.16. The van der Waals surface area contributed by atoms with Crippen molar-refractivity contribution in [1.29, 1.82) is 0 Å². The van der Waals surface area contributed by atoms with Crippen molar-refractivity contribution in [1.82, 2.24) is 0 Å². The lowest BCUT2D eigenvalue weighted by atomic mass is 9.85. The van der Waals surface area contributed by atoms with Crippen molar-refractivity contribution in [2.75, 3.05) is 7.11 Å². The van der Waals surface area contributed by atoms with Crippen LogP contribution in [0.3, 0.4) is 0 Å². The molecule has 2 aromatic carbocycles. The van der Waals surface area contributed by atoms with Gasteiger partial charge in [-0.1, -0.05) is 49.4 Å². The van der Waals surface area contributed by atoms with E-state index in [0.29, 0.717) is 17.1 Å². The van der Waals surface area contributed by atoms with E-state index in [-0.39, 0.29) is 11.9 Å². The first-order chi connectivity index (χ1) is 11.5. The van der Waals surface area contributed by atoms with Crippen LogP contribution in [-0.2, 0) is 20.6 Å². The van der Waals surface area contributed by atoms with Gasteiger partial charge in [-0.3, -0.25) is 0 Å². The second kappa shape index (κ2) is 8.12. The van der Waals surface area contributed by atoms with Crippen LogP contribution < -0.4 is 4.74 Å². The zero-order valence-electron chi connectivity index (χ0n) is 14.6. The average molecular weight is 344 g/mol. The molecule has 0 heterocycles. The molecule has 0 amide bonds. The molecule has 4 nitrogen and oxygen atoms in total. The number of methoxy groups -OCH3 is 1. The highest BCUT2D eigenvalue weighted by Crippen LogP contribution is 2.32. The van der Waals surface area contributed by atoms with Crippen LogP contribution in [0.25, 0.3) is 0 Å². The van der Waals surface area contributed by atoms with E-state index < -0.39 is 5.60 Å². The molecule has 0 aliphatic carbocycles. The number of rotatable bonds is 7. The fourth-order valence-corrected chi connectivity index (χ4v) is 3.07. The van der Waals surface area contributed by atoms with Crippen LogP contribution in [0.4, 0.5) is 0 Å². The smallest absolute Gasteiger partial charge is 0.337 e. The van der Waals surface area contributed by atoms with Gasteiger partial charge in [0.1, 0.15) is 22.8 Å². The minimum atomic E-state index is -0.965. The normalized spacial score (nSPS) is 14.6. The molecular weight excluding hydrogens is 320 g/mol. The second-order valence-electron chi connectivity index (χ2n) is 5.87. The lowest BCUT2D eigenvalue weighted by Crippen LogP contribution is -2.43. The van der Waals surface area contributed by atoms with E-state index in [1.807, 2.05) is 61.5 Å². The first-order valence-electron chi connectivity index (χ1n) is 7.91. The number of carbonyl (C=O) groups excluding carboxylic acids is 1. The Balaban J connectivity index is 2.06. The number of esters is 1. The Morgan fingerprint density at radius 3 is 2.29 bits per heavy atom. The maximum atomic E-state index is 12.1. The van der Waals surface area contributed by atoms with Crippen molar-refractivity contribution in [3.8, 4) is 5.75 Å². The molecule has 2 unspecified atom stereocenters. The van der Waals surface area contributed by atoms with Crippen LogP contribution in [0.5, 0.6) is 5.75 Å². The third-order valence-electron chi connectivity index (χ3n) is 4.47. The van der Waals surface area contributed by atoms with Gasteiger partial charge >= 0.3 is 5.97 Å². The highest BCUT2D eigenvalue weighted by molar-refractivity contribution is 6.00. The van der Waals surface area contributed by atoms with Gasteiger partial charge in [0.15, 0.2) is 5.60 Å². The molecule has 0 aromatic heterocycles. The van der Waals surface area contributed by atoms with E-state index in [1.54, 1.807) is 6.92 Å². The Kier molecular flexibility index (Phi) is 6.17. The summed E-state index contributed by atoms with van der Waals surface area (Å²) in [6.07, 6.45) is 0. The van der Waals surface area contributed by atoms with Gasteiger partial charge in [-0.25, -0.2) is 4.79 Å². The summed E-state index contributed by atoms with van der Waals surface area (Å²) in [7, 11) is 1.84. The Bertz CT molecular complexity index is 657. The van der Waals surface area contributed by atoms with Crippen LogP contribution in [-0.4, -0.2) is 29.2 Å². The minimum Gasteiger partial charge on any atom is -0.489 e. The fourth-order valence-electron chi connectivity index (χ4n) is 2.55. The lowest BCUT2D eigenvalue weighted by molar-refractivity contribution is -0.159. The molecule has 0 N–H and O–H groups in total. The Labute approximate surface area is 146 Å². The van der Waals surface area contributed by atoms with Gasteiger partial charge in [-0.2, -0.15) is 0 Å². The van der Waals surface area contributed by atoms with Crippen molar-refractivity contribution < 1.29 is 18.7 Å². The quantitative estimate of drug-likeness (QED) is 0.572. The van der Waals surface area contributed by atoms with Gasteiger partial charge in [0, 0.05) is 5.92 Å². The standard InChI is InChI=1S/C19H24O4Si/c1-14(19(2,23-24)18(20)21-3)16-9-11-17(12-10-16)22-13-15-7-5-4-6-8-15/h4-12,14H,13H2,1-3,24H3. The van der Waals surface area contributed by atoms with Crippen molar-refractivity contribution in [3.05, 3.63) is 65.7 Å². The highest BCUT2D eigenvalue weighted by Gasteiger charge is 2.40. The molecule has 2 rings (SSSR count). The Morgan fingerprint density at radius 1 is 1.12 bits per heavy atom. The maximum Gasteiger partial charge on any atom is 0.337 e. The molecule has 128 valence electrons. The van der Waals surface area contributed by atoms with E-state index in [0.717, 1.165) is 16.9 Å². The average Bonchev–Trinajstić information content (AvgIpc) is 2.65. The summed E-state index contributed by atoms with van der Waals surface area (Å²) in [5, 5.41) is 0. The van der Waals surface area contributed by atoms with Gasteiger partial charge in [-0.15, -0.1) is 0 Å². The summed E-state index contributed by atoms with van der Waals surface area (Å²) in [6, 6.07) is 17.8. The molecule has 0 fully saturated rings. The highest BCUT2D eigenvalue weighted by atomic mass is 28.2. The first-order valence-corrected chi connectivity index (χ1v) is 8.73. The molecule has 0 aliphatic rings. The van der Waals surface area contributed by atoms with Gasteiger partial charge in [0.25, 0.3) is 0 Å². The molecule has 0 saturated carbocycles. The number of carbonyl (C=O) groups is 1. The van der Waals surface area contributed by atoms with E-state index in [2.05, 4.69) is 0 Å². The monoisotopic (exact) mass is 344 g/mol. The molecule has 24 heavy (non-hydrogen) atoms. The molecule has 0 aliphatic heterocycles. The van der Waals surface area contributed by atoms with Crippen molar-refractivity contribution in [2.45, 2.75) is 32.0 Å². The third-order valence-corrected chi connectivity index (χ3v) is 5.32. The molecule has 0 bridgehead atoms. The summed E-state index contributed by atoms with van der Waals surface area (Å²) >= 11 is 0. The molecule has 5 heteroatoms. The van der Waals surface area contributed by atoms with E-state index in [1.165, 1.54) is 7.11 Å². The van der Waals surface area contributed by atoms with Crippen molar-refractivity contribution >= 4 is 16.5 Å². The fraction of sp³-hybridized carbons (Fsp3) is 0.316. The summed E-state index contributed by atoms with van der Waals surface area (Å²) in [5.74, 6) is 0.321. The molecule has 0 radical (unpaired) electrons. The minimum absolute atomic E-state index is 0.120. The van der Waals surface area contributed by atoms with Crippen LogP contribution in [0.1, 0.15) is 30.9 Å². The number of hydrogen-bond acceptors (Lipinski definition) is 4. The number of ether oxygens (including phenoxy) is 2. The number of benzene rings is 2. The second-order valence-corrected chi connectivity index (χ2v) is 6.28. The first kappa shape index (κ1) is 18.2. The summed E-state index contributed by atoms with van der Waals surface area (Å²) < 4.78 is 16.3. The topological polar surface area (TPSA) is 44.8 Å². The zero-order chi connectivity index (χ0) is 17.6. The predicted octanol–water partition coefficient (Wildman–Crippen LogP) is 2.60. The van der Waals surface area contributed by atoms with Crippen LogP contribution in [0.15, 0.2) is 54.6 Å². The summed E-state index contributed by atoms with van der Waals surface area (Å²) in [4.78, 5) is 12.1. The molecule has 0 spiro atoms. The van der Waals surface area contributed by atoms with Gasteiger partial charge in [0.2, 0.25) is 0 Å². The lowest BCUT2D eigenvalue weighted by Gasteiger charge is -2.32. The maximum absolute atomic E-state index is 12.1.